The fourth-order valence-corrected chi connectivity index (χ4v) is 1.75. The van der Waals surface area contributed by atoms with E-state index in [1.54, 1.807) is 12.4 Å². The summed E-state index contributed by atoms with van der Waals surface area (Å²) < 4.78 is 14.9. The van der Waals surface area contributed by atoms with E-state index in [0.29, 0.717) is 6.54 Å². The molecule has 18 heavy (non-hydrogen) atoms. The number of pyridine rings is 1. The van der Waals surface area contributed by atoms with Gasteiger partial charge < -0.3 is 9.88 Å². The molecule has 0 amide bonds. The van der Waals surface area contributed by atoms with Gasteiger partial charge in [-0.25, -0.2) is 9.37 Å². The quantitative estimate of drug-likeness (QED) is 0.762. The number of aromatic nitrogens is 3. The summed E-state index contributed by atoms with van der Waals surface area (Å²) in [4.78, 5) is 7.80. The number of aryl methyl sites for hydroxylation is 1. The molecular formula is C13H17FN4. The summed E-state index contributed by atoms with van der Waals surface area (Å²) in [6.07, 6.45) is 10.7. The van der Waals surface area contributed by atoms with Crippen LogP contribution in [-0.2, 0) is 13.1 Å². The van der Waals surface area contributed by atoms with Gasteiger partial charge in [0, 0.05) is 31.7 Å². The van der Waals surface area contributed by atoms with Crippen molar-refractivity contribution < 1.29 is 4.39 Å². The van der Waals surface area contributed by atoms with Gasteiger partial charge in [-0.2, -0.15) is 0 Å². The zero-order chi connectivity index (χ0) is 12.6. The smallest absolute Gasteiger partial charge is 0.141 e. The zero-order valence-corrected chi connectivity index (χ0v) is 10.2. The van der Waals surface area contributed by atoms with Gasteiger partial charge in [-0.15, -0.1) is 0 Å². The molecule has 0 aromatic carbocycles. The monoisotopic (exact) mass is 248 g/mol. The molecule has 1 N–H and O–H groups in total. The fraction of sp³-hybridized carbons (Fsp3) is 0.385. The molecule has 0 atom stereocenters. The number of hydrogen-bond donors (Lipinski definition) is 1. The molecule has 0 radical (unpaired) electrons. The van der Waals surface area contributed by atoms with Gasteiger partial charge in [-0.3, -0.25) is 4.98 Å². The van der Waals surface area contributed by atoms with Gasteiger partial charge in [0.2, 0.25) is 0 Å². The van der Waals surface area contributed by atoms with Gasteiger partial charge in [-0.05, 0) is 31.0 Å². The van der Waals surface area contributed by atoms with Gasteiger partial charge in [0.05, 0.1) is 12.5 Å². The Morgan fingerprint density at radius 2 is 2.17 bits per heavy atom. The van der Waals surface area contributed by atoms with Crippen LogP contribution in [0.3, 0.4) is 0 Å². The average Bonchev–Trinajstić information content (AvgIpc) is 2.87. The second-order valence-corrected chi connectivity index (χ2v) is 4.20. The Labute approximate surface area is 106 Å². The van der Waals surface area contributed by atoms with Crippen LogP contribution in [0.5, 0.6) is 0 Å². The normalized spacial score (nSPS) is 10.7. The molecule has 2 aromatic rings. The van der Waals surface area contributed by atoms with Crippen molar-refractivity contribution in [2.75, 3.05) is 6.54 Å². The van der Waals surface area contributed by atoms with E-state index in [-0.39, 0.29) is 5.82 Å². The first kappa shape index (κ1) is 12.7. The minimum absolute atomic E-state index is 0.283. The maximum Gasteiger partial charge on any atom is 0.141 e. The van der Waals surface area contributed by atoms with Crippen LogP contribution < -0.4 is 5.32 Å². The van der Waals surface area contributed by atoms with Gasteiger partial charge in [0.15, 0.2) is 0 Å². The number of imidazole rings is 1. The topological polar surface area (TPSA) is 42.7 Å². The van der Waals surface area contributed by atoms with Crippen molar-refractivity contribution >= 4 is 0 Å². The van der Waals surface area contributed by atoms with Crippen molar-refractivity contribution in [2.24, 2.45) is 0 Å². The molecule has 4 nitrogen and oxygen atoms in total. The molecule has 2 heterocycles. The lowest BCUT2D eigenvalue weighted by molar-refractivity contribution is 0.565. The van der Waals surface area contributed by atoms with E-state index in [2.05, 4.69) is 19.9 Å². The summed E-state index contributed by atoms with van der Waals surface area (Å²) in [5, 5.41) is 3.28. The number of nitrogens with one attached hydrogen (secondary N) is 1. The molecule has 0 bridgehead atoms. The van der Waals surface area contributed by atoms with Crippen LogP contribution in [0, 0.1) is 5.82 Å². The lowest BCUT2D eigenvalue weighted by Gasteiger charge is -2.05. The summed E-state index contributed by atoms with van der Waals surface area (Å²) in [6, 6.07) is 1.51. The van der Waals surface area contributed by atoms with E-state index in [4.69, 9.17) is 0 Å². The Kier molecular flexibility index (Phi) is 4.84. The highest BCUT2D eigenvalue weighted by molar-refractivity contribution is 5.09. The van der Waals surface area contributed by atoms with Crippen molar-refractivity contribution in [2.45, 2.75) is 25.9 Å². The Morgan fingerprint density at radius 3 is 2.94 bits per heavy atom. The van der Waals surface area contributed by atoms with Gasteiger partial charge >= 0.3 is 0 Å². The van der Waals surface area contributed by atoms with Crippen LogP contribution in [0.25, 0.3) is 0 Å². The molecule has 2 aromatic heterocycles. The predicted octanol–water partition coefficient (Wildman–Crippen LogP) is 1.99. The molecule has 0 unspecified atom stereocenters. The zero-order valence-electron chi connectivity index (χ0n) is 10.2. The third-order valence-corrected chi connectivity index (χ3v) is 2.67. The second-order valence-electron chi connectivity index (χ2n) is 4.20. The van der Waals surface area contributed by atoms with Crippen molar-refractivity contribution in [3.8, 4) is 0 Å². The van der Waals surface area contributed by atoms with E-state index in [1.807, 2.05) is 12.5 Å². The van der Waals surface area contributed by atoms with Crippen molar-refractivity contribution in [3.05, 3.63) is 48.6 Å². The molecule has 0 saturated heterocycles. The fourth-order valence-electron chi connectivity index (χ4n) is 1.75. The summed E-state index contributed by atoms with van der Waals surface area (Å²) in [6.45, 7) is 2.57. The predicted molar refractivity (Wildman–Crippen MR) is 67.4 cm³/mol. The molecular weight excluding hydrogens is 231 g/mol. The first-order valence-electron chi connectivity index (χ1n) is 6.10. The van der Waals surface area contributed by atoms with Crippen LogP contribution in [-0.4, -0.2) is 21.1 Å². The molecule has 0 spiro atoms. The van der Waals surface area contributed by atoms with Crippen LogP contribution in [0.4, 0.5) is 4.39 Å². The van der Waals surface area contributed by atoms with E-state index < -0.39 is 0 Å². The first-order chi connectivity index (χ1) is 8.84. The van der Waals surface area contributed by atoms with Crippen molar-refractivity contribution in [3.63, 3.8) is 0 Å². The second kappa shape index (κ2) is 6.86. The number of rotatable bonds is 7. The molecule has 0 aliphatic heterocycles. The van der Waals surface area contributed by atoms with Gasteiger partial charge in [0.1, 0.15) is 5.82 Å². The molecule has 0 saturated carbocycles. The summed E-state index contributed by atoms with van der Waals surface area (Å²) >= 11 is 0. The van der Waals surface area contributed by atoms with E-state index in [0.717, 1.165) is 31.5 Å². The number of unbranched alkanes of at least 4 members (excludes halogenated alkanes) is 1. The van der Waals surface area contributed by atoms with Crippen LogP contribution in [0.2, 0.25) is 0 Å². The highest BCUT2D eigenvalue weighted by Gasteiger charge is 1.96. The lowest BCUT2D eigenvalue weighted by Crippen LogP contribution is -2.15. The van der Waals surface area contributed by atoms with Gasteiger partial charge in [0.25, 0.3) is 0 Å². The minimum atomic E-state index is -0.283. The Morgan fingerprint density at radius 1 is 1.22 bits per heavy atom. The third kappa shape index (κ3) is 4.25. The van der Waals surface area contributed by atoms with Crippen LogP contribution in [0.15, 0.2) is 37.2 Å². The molecule has 96 valence electrons. The standard InChI is InChI=1S/C13H17FN4/c14-13-7-12(9-17-10-13)8-15-3-1-2-5-18-6-4-16-11-18/h4,6-7,9-11,15H,1-3,5,8H2. The van der Waals surface area contributed by atoms with Crippen molar-refractivity contribution in [1.82, 2.24) is 19.9 Å². The number of hydrogen-bond acceptors (Lipinski definition) is 3. The highest BCUT2D eigenvalue weighted by atomic mass is 19.1. The summed E-state index contributed by atoms with van der Waals surface area (Å²) in [5.74, 6) is -0.283. The van der Waals surface area contributed by atoms with Crippen LogP contribution >= 0.6 is 0 Å². The Bertz CT molecular complexity index is 456. The third-order valence-electron chi connectivity index (χ3n) is 2.67. The molecule has 0 aliphatic rings. The molecule has 2 rings (SSSR count). The first-order valence-corrected chi connectivity index (χ1v) is 6.10. The summed E-state index contributed by atoms with van der Waals surface area (Å²) in [5.41, 5.74) is 0.879. The van der Waals surface area contributed by atoms with E-state index in [9.17, 15) is 4.39 Å². The molecule has 0 aliphatic carbocycles. The SMILES string of the molecule is Fc1cncc(CNCCCCn2ccnc2)c1. The largest absolute Gasteiger partial charge is 0.337 e. The van der Waals surface area contributed by atoms with Crippen molar-refractivity contribution in [1.29, 1.82) is 0 Å². The number of nitrogens with zero attached hydrogens (tertiary/aromatic N) is 3. The molecule has 0 fully saturated rings. The summed E-state index contributed by atoms with van der Waals surface area (Å²) in [7, 11) is 0. The van der Waals surface area contributed by atoms with E-state index >= 15 is 0 Å². The van der Waals surface area contributed by atoms with Crippen LogP contribution in [0.1, 0.15) is 18.4 Å². The average molecular weight is 248 g/mol. The maximum atomic E-state index is 12.9. The Hall–Kier alpha value is -1.75. The Balaban J connectivity index is 1.56. The lowest BCUT2D eigenvalue weighted by atomic mass is 10.2. The highest BCUT2D eigenvalue weighted by Crippen LogP contribution is 2.00. The maximum absolute atomic E-state index is 12.9. The van der Waals surface area contributed by atoms with Gasteiger partial charge in [-0.1, -0.05) is 0 Å². The minimum Gasteiger partial charge on any atom is -0.337 e. The molecule has 5 heteroatoms. The van der Waals surface area contributed by atoms with E-state index in [1.165, 1.54) is 12.3 Å². The number of halogens is 1.